The summed E-state index contributed by atoms with van der Waals surface area (Å²) in [4.78, 5) is 36.5. The third-order valence-electron chi connectivity index (χ3n) is 5.08. The number of ketones is 3. The maximum atomic E-state index is 12.3. The van der Waals surface area contributed by atoms with Crippen molar-refractivity contribution in [2.75, 3.05) is 0 Å². The Labute approximate surface area is 121 Å². The van der Waals surface area contributed by atoms with Crippen LogP contribution in [0.3, 0.4) is 0 Å². The molecule has 0 heterocycles. The molecule has 3 heteroatoms. The molecule has 1 atom stereocenters. The van der Waals surface area contributed by atoms with E-state index in [0.29, 0.717) is 0 Å². The van der Waals surface area contributed by atoms with Crippen LogP contribution in [0, 0.1) is 17.8 Å². The van der Waals surface area contributed by atoms with Crippen LogP contribution in [-0.2, 0) is 14.4 Å². The first-order valence-corrected chi connectivity index (χ1v) is 8.18. The van der Waals surface area contributed by atoms with E-state index < -0.39 is 5.92 Å². The SMILES string of the molecule is CC(C(=O)CC(=O)C1CCCC1)C(=O)C1CCCCC1. The molecule has 0 bridgehead atoms. The molecule has 0 N–H and O–H groups in total. The summed E-state index contributed by atoms with van der Waals surface area (Å²) in [5.41, 5.74) is 0. The molecule has 0 spiro atoms. The van der Waals surface area contributed by atoms with Crippen LogP contribution >= 0.6 is 0 Å². The van der Waals surface area contributed by atoms with Gasteiger partial charge in [0.1, 0.15) is 17.3 Å². The van der Waals surface area contributed by atoms with Crippen molar-refractivity contribution in [1.82, 2.24) is 0 Å². The van der Waals surface area contributed by atoms with Gasteiger partial charge in [-0.05, 0) is 32.6 Å². The zero-order valence-corrected chi connectivity index (χ0v) is 12.5. The van der Waals surface area contributed by atoms with Gasteiger partial charge in [0.05, 0.1) is 12.3 Å². The van der Waals surface area contributed by atoms with Crippen molar-refractivity contribution in [1.29, 1.82) is 0 Å². The van der Waals surface area contributed by atoms with Gasteiger partial charge < -0.3 is 0 Å². The van der Waals surface area contributed by atoms with Crippen molar-refractivity contribution in [3.63, 3.8) is 0 Å². The predicted octanol–water partition coefficient (Wildman–Crippen LogP) is 3.49. The molecule has 2 rings (SSSR count). The smallest absolute Gasteiger partial charge is 0.150 e. The van der Waals surface area contributed by atoms with Gasteiger partial charge in [-0.3, -0.25) is 14.4 Å². The van der Waals surface area contributed by atoms with Gasteiger partial charge >= 0.3 is 0 Å². The van der Waals surface area contributed by atoms with Gasteiger partial charge in [0.2, 0.25) is 0 Å². The minimum Gasteiger partial charge on any atom is -0.299 e. The number of carbonyl (C=O) groups excluding carboxylic acids is 3. The molecule has 2 fully saturated rings. The van der Waals surface area contributed by atoms with Crippen molar-refractivity contribution >= 4 is 17.3 Å². The molecule has 0 amide bonds. The van der Waals surface area contributed by atoms with Crippen molar-refractivity contribution in [3.05, 3.63) is 0 Å². The van der Waals surface area contributed by atoms with Crippen molar-refractivity contribution < 1.29 is 14.4 Å². The quantitative estimate of drug-likeness (QED) is 0.699. The molecule has 0 aromatic carbocycles. The molecule has 2 aliphatic rings. The molecule has 0 saturated heterocycles. The molecule has 20 heavy (non-hydrogen) atoms. The van der Waals surface area contributed by atoms with Gasteiger partial charge in [-0.2, -0.15) is 0 Å². The molecule has 0 radical (unpaired) electrons. The molecular formula is C17H26O3. The standard InChI is InChI=1S/C17H26O3/c1-12(17(20)14-9-3-2-4-10-14)15(18)11-16(19)13-7-5-6-8-13/h12-14H,2-11H2,1H3. The van der Waals surface area contributed by atoms with E-state index in [9.17, 15) is 14.4 Å². The number of hydrogen-bond acceptors (Lipinski definition) is 3. The van der Waals surface area contributed by atoms with Gasteiger partial charge in [-0.15, -0.1) is 0 Å². The minimum atomic E-state index is -0.580. The van der Waals surface area contributed by atoms with Gasteiger partial charge in [-0.25, -0.2) is 0 Å². The number of hydrogen-bond donors (Lipinski definition) is 0. The van der Waals surface area contributed by atoms with Crippen molar-refractivity contribution in [3.8, 4) is 0 Å². The van der Waals surface area contributed by atoms with Crippen molar-refractivity contribution in [2.24, 2.45) is 17.8 Å². The molecule has 3 nitrogen and oxygen atoms in total. The second-order valence-corrected chi connectivity index (χ2v) is 6.55. The summed E-state index contributed by atoms with van der Waals surface area (Å²) in [7, 11) is 0. The van der Waals surface area contributed by atoms with Crippen molar-refractivity contribution in [2.45, 2.75) is 71.1 Å². The summed E-state index contributed by atoms with van der Waals surface area (Å²) < 4.78 is 0. The maximum absolute atomic E-state index is 12.3. The highest BCUT2D eigenvalue weighted by atomic mass is 16.2. The number of carbonyl (C=O) groups is 3. The Balaban J connectivity index is 1.84. The first-order chi connectivity index (χ1) is 9.59. The van der Waals surface area contributed by atoms with E-state index in [-0.39, 0.29) is 35.6 Å². The molecule has 1 unspecified atom stereocenters. The van der Waals surface area contributed by atoms with E-state index in [1.807, 2.05) is 0 Å². The maximum Gasteiger partial charge on any atom is 0.150 e. The summed E-state index contributed by atoms with van der Waals surface area (Å²) in [6.07, 6.45) is 9.27. The second kappa shape index (κ2) is 7.14. The Morgan fingerprint density at radius 1 is 0.850 bits per heavy atom. The van der Waals surface area contributed by atoms with E-state index in [2.05, 4.69) is 0 Å². The Morgan fingerprint density at radius 2 is 1.35 bits per heavy atom. The Kier molecular flexibility index (Phi) is 5.50. The van der Waals surface area contributed by atoms with Gasteiger partial charge in [0, 0.05) is 11.8 Å². The average molecular weight is 278 g/mol. The van der Waals surface area contributed by atoms with Crippen LogP contribution in [0.25, 0.3) is 0 Å². The molecule has 112 valence electrons. The topological polar surface area (TPSA) is 51.2 Å². The first-order valence-electron chi connectivity index (χ1n) is 8.18. The van der Waals surface area contributed by atoms with Crippen LogP contribution < -0.4 is 0 Å². The van der Waals surface area contributed by atoms with Gasteiger partial charge in [0.15, 0.2) is 0 Å². The monoisotopic (exact) mass is 278 g/mol. The molecule has 2 saturated carbocycles. The van der Waals surface area contributed by atoms with E-state index in [0.717, 1.165) is 51.4 Å². The van der Waals surface area contributed by atoms with Crippen LogP contribution in [-0.4, -0.2) is 17.3 Å². The van der Waals surface area contributed by atoms with E-state index in [4.69, 9.17) is 0 Å². The molecule has 2 aliphatic carbocycles. The predicted molar refractivity (Wildman–Crippen MR) is 77.3 cm³/mol. The lowest BCUT2D eigenvalue weighted by atomic mass is 9.80. The fraction of sp³-hybridized carbons (Fsp3) is 0.824. The van der Waals surface area contributed by atoms with Gasteiger partial charge in [0.25, 0.3) is 0 Å². The Bertz CT molecular complexity index is 374. The normalized spacial score (nSPS) is 22.6. The van der Waals surface area contributed by atoms with Crippen LogP contribution in [0.15, 0.2) is 0 Å². The van der Waals surface area contributed by atoms with Crippen LogP contribution in [0.5, 0.6) is 0 Å². The van der Waals surface area contributed by atoms with Crippen LogP contribution in [0.4, 0.5) is 0 Å². The Morgan fingerprint density at radius 3 is 1.95 bits per heavy atom. The zero-order chi connectivity index (χ0) is 14.5. The summed E-state index contributed by atoms with van der Waals surface area (Å²) in [5.74, 6) is -0.453. The van der Waals surface area contributed by atoms with Crippen LogP contribution in [0.1, 0.15) is 71.1 Å². The highest BCUT2D eigenvalue weighted by molar-refractivity contribution is 6.10. The van der Waals surface area contributed by atoms with Crippen LogP contribution in [0.2, 0.25) is 0 Å². The summed E-state index contributed by atoms with van der Waals surface area (Å²) in [6, 6.07) is 0. The van der Waals surface area contributed by atoms with E-state index in [1.165, 1.54) is 6.42 Å². The third kappa shape index (κ3) is 3.77. The lowest BCUT2D eigenvalue weighted by molar-refractivity contribution is -0.137. The highest BCUT2D eigenvalue weighted by Gasteiger charge is 2.32. The van der Waals surface area contributed by atoms with E-state index >= 15 is 0 Å². The minimum absolute atomic E-state index is 0.0235. The third-order valence-corrected chi connectivity index (χ3v) is 5.08. The lowest BCUT2D eigenvalue weighted by Gasteiger charge is -2.23. The number of Topliss-reactive ketones (excluding diaryl/α,β-unsaturated/α-hetero) is 3. The van der Waals surface area contributed by atoms with Gasteiger partial charge in [-0.1, -0.05) is 32.1 Å². The largest absolute Gasteiger partial charge is 0.299 e. The molecular weight excluding hydrogens is 252 g/mol. The first kappa shape index (κ1) is 15.4. The highest BCUT2D eigenvalue weighted by Crippen LogP contribution is 2.29. The fourth-order valence-corrected chi connectivity index (χ4v) is 3.62. The number of rotatable bonds is 6. The second-order valence-electron chi connectivity index (χ2n) is 6.55. The summed E-state index contributed by atoms with van der Waals surface area (Å²) in [5, 5.41) is 0. The molecule has 0 aromatic heterocycles. The van der Waals surface area contributed by atoms with E-state index in [1.54, 1.807) is 6.92 Å². The summed E-state index contributed by atoms with van der Waals surface area (Å²) in [6.45, 7) is 1.70. The fourth-order valence-electron chi connectivity index (χ4n) is 3.62. The summed E-state index contributed by atoms with van der Waals surface area (Å²) >= 11 is 0. The zero-order valence-electron chi connectivity index (χ0n) is 12.5. The average Bonchev–Trinajstić information content (AvgIpc) is 3.01. The lowest BCUT2D eigenvalue weighted by Crippen LogP contribution is -2.31. The Hall–Kier alpha value is -0.990. The molecule has 0 aromatic rings. The molecule has 0 aliphatic heterocycles.